The predicted octanol–water partition coefficient (Wildman–Crippen LogP) is -4.88. The molecule has 3 saturated heterocycles. The van der Waals surface area contributed by atoms with Crippen molar-refractivity contribution >= 4 is 41.6 Å². The molecule has 0 aromatic rings. The highest BCUT2D eigenvalue weighted by Crippen LogP contribution is 2.68. The zero-order valence-electron chi connectivity index (χ0n) is 61.7. The first kappa shape index (κ1) is 87.7. The SMILES string of the molecule is COC(=O)CCN(CCC(=O)OC)C[C@H]1O[C@@H](OCCNC(=O)CCN(CCC(=O)NCCO[C@@H]2O[C@H](CN(CCC(=O)OC)CCC(=O)OC)[C@@H](O)[C@H](O)[C@H]2O)C[C@H]2O[C@@H](OCCNC(=O)CC[C@H](C)[C@H]3CC[C@H]4[C@@H]5[C@H](O)C[C@@H]6C[C@H](O)CC[C@]6(C)[C@H]5C[C@H](O)[C@]34C)[C@H](O)[C@@H](O)[C@@H]2O)[C@H](O)[C@@H](O)[C@@H]1O. The summed E-state index contributed by atoms with van der Waals surface area (Å²) in [6, 6.07) is 0. The Kier molecular flexibility index (Phi) is 34.6. The van der Waals surface area contributed by atoms with Crippen LogP contribution in [0.5, 0.6) is 0 Å². The molecule has 35 nitrogen and oxygen atoms in total. The summed E-state index contributed by atoms with van der Waals surface area (Å²) < 4.78 is 54.0. The number of nitrogens with one attached hydrogen (secondary N) is 3. The van der Waals surface area contributed by atoms with Crippen LogP contribution in [0.15, 0.2) is 0 Å². The first-order chi connectivity index (χ1) is 49.9. The van der Waals surface area contributed by atoms with Crippen LogP contribution in [0.25, 0.3) is 0 Å². The molecule has 15 N–H and O–H groups in total. The molecule has 0 aromatic carbocycles. The number of rotatable bonds is 40. The normalized spacial score (nSPS) is 36.3. The minimum absolute atomic E-state index is 0.0224. The number of aliphatic hydroxyl groups is 12. The molecule has 26 atom stereocenters. The van der Waals surface area contributed by atoms with Gasteiger partial charge in [-0.25, -0.2) is 0 Å². The van der Waals surface area contributed by atoms with E-state index in [2.05, 4.69) is 36.7 Å². The van der Waals surface area contributed by atoms with E-state index in [1.807, 2.05) is 0 Å². The first-order valence-corrected chi connectivity index (χ1v) is 37.1. The fourth-order valence-electron chi connectivity index (χ4n) is 17.2. The molecule has 3 heterocycles. The van der Waals surface area contributed by atoms with E-state index in [1.165, 1.54) is 28.4 Å². The Bertz CT molecular complexity index is 2610. The summed E-state index contributed by atoms with van der Waals surface area (Å²) in [4.78, 5) is 93.0. The summed E-state index contributed by atoms with van der Waals surface area (Å²) in [5, 5.41) is 141. The van der Waals surface area contributed by atoms with Crippen molar-refractivity contribution in [3.63, 3.8) is 0 Å². The van der Waals surface area contributed by atoms with Gasteiger partial charge in [-0.2, -0.15) is 0 Å². The van der Waals surface area contributed by atoms with Gasteiger partial charge in [0.15, 0.2) is 18.9 Å². The Morgan fingerprint density at radius 1 is 0.448 bits per heavy atom. The molecule has 7 fully saturated rings. The molecule has 35 heteroatoms. The molecular weight excluding hydrogens is 1390 g/mol. The fraction of sp³-hybridized carbons (Fsp3) is 0.900. The zero-order valence-corrected chi connectivity index (χ0v) is 61.7. The number of methoxy groups -OCH3 is 4. The van der Waals surface area contributed by atoms with Gasteiger partial charge in [0, 0.05) is 97.8 Å². The number of esters is 4. The summed E-state index contributed by atoms with van der Waals surface area (Å²) in [5.74, 6) is -2.81. The van der Waals surface area contributed by atoms with E-state index in [0.717, 1.165) is 25.7 Å². The maximum atomic E-state index is 13.5. The Morgan fingerprint density at radius 3 is 1.18 bits per heavy atom. The highest BCUT2D eigenvalue weighted by atomic mass is 16.7. The van der Waals surface area contributed by atoms with Crippen molar-refractivity contribution in [1.82, 2.24) is 30.7 Å². The number of carbonyl (C=O) groups is 7. The van der Waals surface area contributed by atoms with Crippen molar-refractivity contribution in [2.24, 2.45) is 46.3 Å². The minimum Gasteiger partial charge on any atom is -0.469 e. The van der Waals surface area contributed by atoms with Gasteiger partial charge >= 0.3 is 23.9 Å². The van der Waals surface area contributed by atoms with Crippen LogP contribution in [-0.2, 0) is 80.9 Å². The average Bonchev–Trinajstić information content (AvgIpc) is 1.67. The van der Waals surface area contributed by atoms with E-state index >= 15 is 0 Å². The van der Waals surface area contributed by atoms with Crippen molar-refractivity contribution in [2.45, 2.75) is 228 Å². The van der Waals surface area contributed by atoms with Gasteiger partial charge in [0.05, 0.1) is 92.3 Å². The quantitative estimate of drug-likeness (QED) is 0.0155. The number of fused-ring (bicyclic) bond motifs is 5. The van der Waals surface area contributed by atoms with Gasteiger partial charge in [-0.3, -0.25) is 48.3 Å². The lowest BCUT2D eigenvalue weighted by Gasteiger charge is -2.63. The standard InChI is InChI=1S/C70H120N6O29/c1-38(41-9-10-42-56-43(34-48(79)70(41,42)3)69(2)19-12-40(77)32-39(69)33-44(56)78)8-11-49(80)71-20-29-100-66-63(93)60(90)57(87)45(103-66)35-74(23-13-50(81)72-21-30-101-67-64(94)61(91)58(88)46(104-67)36-75(25-15-52(83)96-4)26-16-53(84)97-5)24-14-51(82)73-22-31-102-68-65(95)62(92)59(89)47(105-68)37-76(27-17-54(85)98-6)28-18-55(86)99-7/h38-48,56-68,77-79,87-95H,8-37H2,1-7H3,(H,71,80)(H,72,81)(H,73,82)/t38-,39-,40+,41+,42-,43-,44+,45+,46+,47+,48-,56-,57+,58+,59+,60-,61-,62-,63+,64+,65+,66+,67+,68+,69-,70+/m0/s1. The highest BCUT2D eigenvalue weighted by Gasteiger charge is 2.66. The third kappa shape index (κ3) is 23.5. The second-order valence-electron chi connectivity index (χ2n) is 30.0. The third-order valence-corrected chi connectivity index (χ3v) is 23.5. The lowest BCUT2D eigenvalue weighted by Crippen LogP contribution is -2.62. The van der Waals surface area contributed by atoms with Crippen LogP contribution >= 0.6 is 0 Å². The van der Waals surface area contributed by atoms with E-state index in [-0.39, 0.29) is 196 Å². The van der Waals surface area contributed by atoms with Crippen molar-refractivity contribution in [1.29, 1.82) is 0 Å². The second-order valence-corrected chi connectivity index (χ2v) is 30.0. The van der Waals surface area contributed by atoms with Crippen LogP contribution in [0.1, 0.15) is 117 Å². The van der Waals surface area contributed by atoms with E-state index in [1.54, 1.807) is 14.7 Å². The maximum absolute atomic E-state index is 13.5. The summed E-state index contributed by atoms with van der Waals surface area (Å²) in [6.45, 7) is 5.06. The van der Waals surface area contributed by atoms with Crippen LogP contribution < -0.4 is 16.0 Å². The van der Waals surface area contributed by atoms with Crippen molar-refractivity contribution < 1.29 is 142 Å². The highest BCUT2D eigenvalue weighted by molar-refractivity contribution is 5.77. The zero-order chi connectivity index (χ0) is 77.0. The fourth-order valence-corrected chi connectivity index (χ4v) is 17.2. The Labute approximate surface area is 613 Å². The Hall–Kier alpha value is -4.55. The molecule has 0 unspecified atom stereocenters. The number of hydrogen-bond donors (Lipinski definition) is 15. The van der Waals surface area contributed by atoms with Gasteiger partial charge in [-0.05, 0) is 97.7 Å². The minimum atomic E-state index is -1.81. The first-order valence-electron chi connectivity index (χ1n) is 37.1. The number of carbonyl (C=O) groups excluding carboxylic acids is 7. The summed E-state index contributed by atoms with van der Waals surface area (Å²) in [7, 11) is 4.84. The second kappa shape index (κ2) is 41.5. The lowest BCUT2D eigenvalue weighted by atomic mass is 9.43. The molecule has 7 rings (SSSR count). The van der Waals surface area contributed by atoms with Crippen LogP contribution in [0.4, 0.5) is 0 Å². The van der Waals surface area contributed by atoms with Gasteiger partial charge < -0.3 is 125 Å². The Balaban J connectivity index is 0.917. The van der Waals surface area contributed by atoms with Crippen LogP contribution in [0, 0.1) is 46.3 Å². The molecule has 0 spiro atoms. The van der Waals surface area contributed by atoms with Gasteiger partial charge in [0.25, 0.3) is 0 Å². The lowest BCUT2D eigenvalue weighted by molar-refractivity contribution is -0.298. The van der Waals surface area contributed by atoms with E-state index < -0.39 is 145 Å². The largest absolute Gasteiger partial charge is 0.469 e. The maximum Gasteiger partial charge on any atom is 0.306 e. The van der Waals surface area contributed by atoms with Crippen LogP contribution in [0.2, 0.25) is 0 Å². The molecular formula is C70H120N6O29. The van der Waals surface area contributed by atoms with E-state index in [9.17, 15) is 94.8 Å². The number of nitrogens with zero attached hydrogens (tertiary/aromatic N) is 3. The van der Waals surface area contributed by atoms with Gasteiger partial charge in [0.2, 0.25) is 17.7 Å². The van der Waals surface area contributed by atoms with E-state index in [0.29, 0.717) is 25.7 Å². The van der Waals surface area contributed by atoms with Crippen molar-refractivity contribution in [3.05, 3.63) is 0 Å². The molecule has 105 heavy (non-hydrogen) atoms. The number of ether oxygens (including phenoxy) is 10. The number of amides is 3. The molecule has 7 aliphatic rings. The smallest absolute Gasteiger partial charge is 0.306 e. The molecule has 0 radical (unpaired) electrons. The molecule has 604 valence electrons. The van der Waals surface area contributed by atoms with Crippen LogP contribution in [0.3, 0.4) is 0 Å². The van der Waals surface area contributed by atoms with Gasteiger partial charge in [-0.1, -0.05) is 20.8 Å². The molecule has 0 aromatic heterocycles. The number of aliphatic hydroxyl groups excluding tert-OH is 12. The predicted molar refractivity (Wildman–Crippen MR) is 364 cm³/mol. The summed E-state index contributed by atoms with van der Waals surface area (Å²) in [6.07, 6.45) is -20.0. The monoisotopic (exact) mass is 1510 g/mol. The van der Waals surface area contributed by atoms with Gasteiger partial charge in [-0.15, -0.1) is 0 Å². The third-order valence-electron chi connectivity index (χ3n) is 23.5. The van der Waals surface area contributed by atoms with Gasteiger partial charge in [0.1, 0.15) is 73.2 Å². The molecule has 0 bridgehead atoms. The average molecular weight is 1510 g/mol. The summed E-state index contributed by atoms with van der Waals surface area (Å²) in [5.41, 5.74) is -0.503. The molecule has 4 aliphatic carbocycles. The van der Waals surface area contributed by atoms with Crippen molar-refractivity contribution in [3.8, 4) is 0 Å². The Morgan fingerprint density at radius 2 is 0.810 bits per heavy atom. The molecule has 4 saturated carbocycles. The van der Waals surface area contributed by atoms with E-state index in [4.69, 9.17) is 47.4 Å². The van der Waals surface area contributed by atoms with Crippen LogP contribution in [-0.4, -0.2) is 355 Å². The molecule has 3 amide bonds. The number of hydrogen-bond acceptors (Lipinski definition) is 32. The summed E-state index contributed by atoms with van der Waals surface area (Å²) >= 11 is 0. The topological polar surface area (TPSA) is 500 Å². The van der Waals surface area contributed by atoms with Crippen molar-refractivity contribution in [2.75, 3.05) is 127 Å². The molecule has 3 aliphatic heterocycles.